The van der Waals surface area contributed by atoms with Crippen molar-refractivity contribution < 1.29 is 33.7 Å². The molecule has 0 saturated carbocycles. The van der Waals surface area contributed by atoms with E-state index in [-0.39, 0.29) is 30.6 Å². The van der Waals surface area contributed by atoms with Crippen LogP contribution in [-0.4, -0.2) is 43.5 Å². The van der Waals surface area contributed by atoms with Gasteiger partial charge in [-0.2, -0.15) is 0 Å². The lowest BCUT2D eigenvalue weighted by atomic mass is 10.0. The number of nitrogens with two attached hydrogens (primary N) is 1. The summed E-state index contributed by atoms with van der Waals surface area (Å²) >= 11 is 0. The quantitative estimate of drug-likeness (QED) is 0.462. The lowest BCUT2D eigenvalue weighted by molar-refractivity contribution is -0.0296. The topological polar surface area (TPSA) is 103 Å². The Morgan fingerprint density at radius 2 is 2.05 bits per heavy atom. The molecule has 0 aliphatic heterocycles. The number of aliphatic hydroxyl groups excluding tert-OH is 1. The van der Waals surface area contributed by atoms with E-state index in [2.05, 4.69) is 4.84 Å². The van der Waals surface area contributed by atoms with Gasteiger partial charge in [0.2, 0.25) is 5.75 Å². The number of hydrogen-bond acceptors (Lipinski definition) is 7. The summed E-state index contributed by atoms with van der Waals surface area (Å²) in [6.45, 7) is 0.505. The zero-order valence-corrected chi connectivity index (χ0v) is 11.9. The first kappa shape index (κ1) is 17.4. The molecule has 2 atom stereocenters. The number of aliphatic hydroxyl groups is 1. The summed E-state index contributed by atoms with van der Waals surface area (Å²) < 4.78 is 27.3. The minimum atomic E-state index is -1.08. The largest absolute Gasteiger partial charge is 0.504 e. The standard InChI is InChI=1S/C13H20FNO6/c1-8(21-15)12(17)9-5-10(16)13(19-4-3-14)11(6-9)20-7-18-2/h5-6,8,12,16-17H,3-4,7,15H2,1-2H3. The molecule has 2 unspecified atom stereocenters. The number of halogens is 1. The van der Waals surface area contributed by atoms with Crippen LogP contribution in [0.5, 0.6) is 17.2 Å². The van der Waals surface area contributed by atoms with Gasteiger partial charge in [-0.1, -0.05) is 0 Å². The number of phenolic OH excluding ortho intramolecular Hbond substituents is 1. The Morgan fingerprint density at radius 3 is 2.62 bits per heavy atom. The van der Waals surface area contributed by atoms with Gasteiger partial charge in [0, 0.05) is 7.11 Å². The molecule has 0 aliphatic carbocycles. The van der Waals surface area contributed by atoms with Crippen LogP contribution in [0.4, 0.5) is 4.39 Å². The minimum absolute atomic E-state index is 0.0260. The summed E-state index contributed by atoms with van der Waals surface area (Å²) in [4.78, 5) is 4.54. The number of benzene rings is 1. The monoisotopic (exact) mass is 305 g/mol. The van der Waals surface area contributed by atoms with Gasteiger partial charge in [0.1, 0.15) is 25.5 Å². The smallest absolute Gasteiger partial charge is 0.203 e. The van der Waals surface area contributed by atoms with Crippen LogP contribution >= 0.6 is 0 Å². The molecule has 0 saturated heterocycles. The van der Waals surface area contributed by atoms with Gasteiger partial charge >= 0.3 is 0 Å². The maximum Gasteiger partial charge on any atom is 0.203 e. The van der Waals surface area contributed by atoms with Crippen LogP contribution in [0.2, 0.25) is 0 Å². The van der Waals surface area contributed by atoms with E-state index >= 15 is 0 Å². The molecule has 4 N–H and O–H groups in total. The highest BCUT2D eigenvalue weighted by Gasteiger charge is 2.21. The molecule has 8 heteroatoms. The Labute approximate surface area is 121 Å². The molecule has 21 heavy (non-hydrogen) atoms. The Balaban J connectivity index is 3.10. The summed E-state index contributed by atoms with van der Waals surface area (Å²) in [7, 11) is 1.42. The van der Waals surface area contributed by atoms with Gasteiger partial charge in [-0.3, -0.25) is 4.84 Å². The van der Waals surface area contributed by atoms with Crippen molar-refractivity contribution in [3.63, 3.8) is 0 Å². The van der Waals surface area contributed by atoms with Crippen molar-refractivity contribution in [3.8, 4) is 17.2 Å². The molecule has 0 radical (unpaired) electrons. The molecule has 0 amide bonds. The molecule has 1 rings (SSSR count). The van der Waals surface area contributed by atoms with Gasteiger partial charge < -0.3 is 24.4 Å². The molecular weight excluding hydrogens is 285 g/mol. The van der Waals surface area contributed by atoms with E-state index in [0.29, 0.717) is 5.56 Å². The first-order valence-electron chi connectivity index (χ1n) is 6.26. The normalized spacial score (nSPS) is 13.8. The third-order valence-corrected chi connectivity index (χ3v) is 2.71. The fourth-order valence-corrected chi connectivity index (χ4v) is 1.64. The number of phenols is 1. The second-order valence-electron chi connectivity index (χ2n) is 4.24. The summed E-state index contributed by atoms with van der Waals surface area (Å²) in [6.07, 6.45) is -1.78. The molecule has 0 aromatic heterocycles. The average Bonchev–Trinajstić information content (AvgIpc) is 2.49. The third kappa shape index (κ3) is 4.71. The first-order valence-corrected chi connectivity index (χ1v) is 6.26. The van der Waals surface area contributed by atoms with Gasteiger partial charge in [-0.05, 0) is 24.6 Å². The highest BCUT2D eigenvalue weighted by molar-refractivity contribution is 5.53. The molecule has 0 aliphatic rings. The first-order chi connectivity index (χ1) is 10.0. The highest BCUT2D eigenvalue weighted by atomic mass is 19.1. The zero-order chi connectivity index (χ0) is 15.8. The van der Waals surface area contributed by atoms with Crippen LogP contribution in [0, 0.1) is 0 Å². The minimum Gasteiger partial charge on any atom is -0.504 e. The summed E-state index contributed by atoms with van der Waals surface area (Å²) in [6, 6.07) is 2.71. The van der Waals surface area contributed by atoms with Crippen molar-refractivity contribution in [1.82, 2.24) is 0 Å². The van der Waals surface area contributed by atoms with E-state index in [4.69, 9.17) is 20.1 Å². The number of ether oxygens (including phenoxy) is 3. The number of alkyl halides is 1. The van der Waals surface area contributed by atoms with Crippen LogP contribution < -0.4 is 15.4 Å². The Hall–Kier alpha value is -1.61. The van der Waals surface area contributed by atoms with Crippen molar-refractivity contribution in [3.05, 3.63) is 17.7 Å². The molecule has 0 bridgehead atoms. The van der Waals surface area contributed by atoms with Gasteiger partial charge in [-0.25, -0.2) is 10.3 Å². The Bertz CT molecular complexity index is 445. The van der Waals surface area contributed by atoms with E-state index in [1.54, 1.807) is 6.92 Å². The number of rotatable bonds is 9. The number of aromatic hydroxyl groups is 1. The van der Waals surface area contributed by atoms with E-state index in [0.717, 1.165) is 0 Å². The van der Waals surface area contributed by atoms with E-state index in [9.17, 15) is 14.6 Å². The molecule has 1 aromatic rings. The van der Waals surface area contributed by atoms with Crippen LogP contribution in [0.3, 0.4) is 0 Å². The summed E-state index contributed by atoms with van der Waals surface area (Å²) in [5.41, 5.74) is 0.309. The molecule has 0 heterocycles. The SMILES string of the molecule is COCOc1cc(C(O)C(C)ON)cc(O)c1OCCF. The second-order valence-corrected chi connectivity index (χ2v) is 4.24. The van der Waals surface area contributed by atoms with Crippen molar-refractivity contribution in [2.75, 3.05) is 27.2 Å². The van der Waals surface area contributed by atoms with Gasteiger partial charge in [0.15, 0.2) is 18.3 Å². The van der Waals surface area contributed by atoms with Gasteiger partial charge in [0.25, 0.3) is 0 Å². The predicted octanol–water partition coefficient (Wildman–Crippen LogP) is 1.04. The average molecular weight is 305 g/mol. The maximum absolute atomic E-state index is 12.2. The third-order valence-electron chi connectivity index (χ3n) is 2.71. The maximum atomic E-state index is 12.2. The van der Waals surface area contributed by atoms with Gasteiger partial charge in [0.05, 0.1) is 0 Å². The number of methoxy groups -OCH3 is 1. The second kappa shape index (κ2) is 8.63. The zero-order valence-electron chi connectivity index (χ0n) is 11.9. The molecule has 0 fully saturated rings. The fraction of sp³-hybridized carbons (Fsp3) is 0.538. The molecule has 1 aromatic carbocycles. The summed E-state index contributed by atoms with van der Waals surface area (Å²) in [5, 5.41) is 20.0. The molecule has 120 valence electrons. The van der Waals surface area contributed by atoms with Crippen molar-refractivity contribution >= 4 is 0 Å². The lowest BCUT2D eigenvalue weighted by Gasteiger charge is -2.20. The molecule has 0 spiro atoms. The van der Waals surface area contributed by atoms with Crippen molar-refractivity contribution in [2.45, 2.75) is 19.1 Å². The molecule has 7 nitrogen and oxygen atoms in total. The van der Waals surface area contributed by atoms with E-state index in [1.807, 2.05) is 0 Å². The van der Waals surface area contributed by atoms with Crippen LogP contribution in [0.1, 0.15) is 18.6 Å². The van der Waals surface area contributed by atoms with Crippen LogP contribution in [-0.2, 0) is 9.57 Å². The molecular formula is C13H20FNO6. The van der Waals surface area contributed by atoms with Crippen molar-refractivity contribution in [2.24, 2.45) is 5.90 Å². The summed E-state index contributed by atoms with van der Waals surface area (Å²) in [5.74, 6) is 4.81. The van der Waals surface area contributed by atoms with Gasteiger partial charge in [-0.15, -0.1) is 0 Å². The fourth-order valence-electron chi connectivity index (χ4n) is 1.64. The van der Waals surface area contributed by atoms with E-state index < -0.39 is 18.9 Å². The number of hydrogen-bond donors (Lipinski definition) is 3. The van der Waals surface area contributed by atoms with Crippen LogP contribution in [0.15, 0.2) is 12.1 Å². The lowest BCUT2D eigenvalue weighted by Crippen LogP contribution is -2.22. The highest BCUT2D eigenvalue weighted by Crippen LogP contribution is 2.40. The van der Waals surface area contributed by atoms with Crippen molar-refractivity contribution in [1.29, 1.82) is 0 Å². The van der Waals surface area contributed by atoms with Crippen LogP contribution in [0.25, 0.3) is 0 Å². The Morgan fingerprint density at radius 1 is 1.33 bits per heavy atom. The van der Waals surface area contributed by atoms with E-state index in [1.165, 1.54) is 19.2 Å². The predicted molar refractivity (Wildman–Crippen MR) is 71.8 cm³/mol. The Kier molecular flexibility index (Phi) is 7.17.